The fourth-order valence-corrected chi connectivity index (χ4v) is 4.70. The molecule has 1 saturated heterocycles. The molecule has 0 atom stereocenters. The van der Waals surface area contributed by atoms with E-state index in [0.717, 1.165) is 23.3 Å². The summed E-state index contributed by atoms with van der Waals surface area (Å²) >= 11 is 0. The molecule has 3 amide bonds. The van der Waals surface area contributed by atoms with E-state index in [1.54, 1.807) is 12.1 Å². The highest BCUT2D eigenvalue weighted by Gasteiger charge is 2.31. The molecule has 3 N–H and O–H groups in total. The summed E-state index contributed by atoms with van der Waals surface area (Å²) in [6.45, 7) is 9.44. The number of nitrogens with one attached hydrogen (secondary N) is 3. The van der Waals surface area contributed by atoms with Crippen molar-refractivity contribution >= 4 is 22.0 Å². The van der Waals surface area contributed by atoms with Gasteiger partial charge in [-0.3, -0.25) is 10.1 Å². The number of urea groups is 1. The first-order chi connectivity index (χ1) is 13.5. The van der Waals surface area contributed by atoms with Gasteiger partial charge in [-0.2, -0.15) is 4.31 Å². The highest BCUT2D eigenvalue weighted by Crippen LogP contribution is 2.17. The molecule has 0 spiro atoms. The van der Waals surface area contributed by atoms with Gasteiger partial charge in [0.15, 0.2) is 6.54 Å². The van der Waals surface area contributed by atoms with Gasteiger partial charge in [-0.25, -0.2) is 13.2 Å². The molecule has 0 aliphatic carbocycles. The van der Waals surface area contributed by atoms with Crippen molar-refractivity contribution in [2.24, 2.45) is 0 Å². The van der Waals surface area contributed by atoms with Crippen LogP contribution < -0.4 is 15.5 Å². The Bertz CT molecular complexity index is 808. The molecule has 1 aliphatic heterocycles. The van der Waals surface area contributed by atoms with Gasteiger partial charge in [-0.15, -0.1) is 0 Å². The number of hydrogen-bond acceptors (Lipinski definition) is 4. The van der Waals surface area contributed by atoms with E-state index in [-0.39, 0.29) is 12.5 Å². The van der Waals surface area contributed by atoms with Crippen LogP contribution in [0.3, 0.4) is 0 Å². The van der Waals surface area contributed by atoms with Crippen LogP contribution in [0.25, 0.3) is 0 Å². The molecule has 29 heavy (non-hydrogen) atoms. The molecule has 1 aliphatic rings. The molecule has 1 fully saturated rings. The fourth-order valence-electron chi connectivity index (χ4n) is 3.26. The molecular weight excluding hydrogens is 392 g/mol. The number of nitrogens with zero attached hydrogens (tertiary/aromatic N) is 1. The van der Waals surface area contributed by atoms with E-state index in [1.807, 2.05) is 32.9 Å². The first-order valence-electron chi connectivity index (χ1n) is 10.1. The van der Waals surface area contributed by atoms with Crippen LogP contribution in [-0.2, 0) is 21.2 Å². The number of aryl methyl sites for hydroxylation is 1. The molecule has 9 heteroatoms. The van der Waals surface area contributed by atoms with Crippen LogP contribution in [0, 0.1) is 0 Å². The highest BCUT2D eigenvalue weighted by atomic mass is 32.2. The van der Waals surface area contributed by atoms with Gasteiger partial charge in [-0.05, 0) is 44.9 Å². The predicted molar refractivity (Wildman–Crippen MR) is 111 cm³/mol. The molecule has 0 saturated carbocycles. The van der Waals surface area contributed by atoms with Crippen LogP contribution in [-0.4, -0.2) is 62.9 Å². The number of quaternary nitrogens is 1. The molecular formula is C20H33N4O4S+. The van der Waals surface area contributed by atoms with Crippen molar-refractivity contribution in [3.05, 3.63) is 29.8 Å². The van der Waals surface area contributed by atoms with E-state index in [0.29, 0.717) is 31.1 Å². The number of rotatable bonds is 6. The smallest absolute Gasteiger partial charge is 0.322 e. The van der Waals surface area contributed by atoms with E-state index in [1.165, 1.54) is 4.31 Å². The second-order valence-corrected chi connectivity index (χ2v) is 10.4. The van der Waals surface area contributed by atoms with E-state index in [4.69, 9.17) is 0 Å². The fraction of sp³-hybridized carbons (Fsp3) is 0.600. The Hall–Kier alpha value is -1.97. The molecule has 2 rings (SSSR count). The molecule has 0 bridgehead atoms. The minimum Gasteiger partial charge on any atom is -0.333 e. The minimum absolute atomic E-state index is 0.136. The highest BCUT2D eigenvalue weighted by molar-refractivity contribution is 7.89. The topological polar surface area (TPSA) is 100 Å². The van der Waals surface area contributed by atoms with Crippen LogP contribution in [0.4, 0.5) is 4.79 Å². The van der Waals surface area contributed by atoms with Crippen LogP contribution in [0.5, 0.6) is 0 Å². The Labute approximate surface area is 173 Å². The van der Waals surface area contributed by atoms with Crippen molar-refractivity contribution in [1.29, 1.82) is 0 Å². The Kier molecular flexibility index (Phi) is 7.79. The number of hydrogen-bond donors (Lipinski definition) is 3. The molecule has 1 aromatic carbocycles. The molecule has 8 nitrogen and oxygen atoms in total. The minimum atomic E-state index is -3.53. The van der Waals surface area contributed by atoms with Crippen LogP contribution in [0.15, 0.2) is 29.2 Å². The van der Waals surface area contributed by atoms with Gasteiger partial charge in [0.05, 0.1) is 31.1 Å². The Morgan fingerprint density at radius 1 is 1.10 bits per heavy atom. The van der Waals surface area contributed by atoms with Gasteiger partial charge in [-0.1, -0.05) is 25.5 Å². The Morgan fingerprint density at radius 2 is 1.69 bits per heavy atom. The average molecular weight is 426 g/mol. The third-order valence-corrected chi connectivity index (χ3v) is 6.59. The SMILES string of the molecule is CCCc1ccc(S(=O)(=O)N2CC[NH+](CC(=O)NC(=O)NC(C)(C)C)CC2)cc1. The predicted octanol–water partition coefficient (Wildman–Crippen LogP) is 0.153. The van der Waals surface area contributed by atoms with Crippen molar-refractivity contribution in [3.63, 3.8) is 0 Å². The first kappa shape index (κ1) is 23.3. The maximum Gasteiger partial charge on any atom is 0.322 e. The average Bonchev–Trinajstić information content (AvgIpc) is 2.61. The first-order valence-corrected chi connectivity index (χ1v) is 11.5. The van der Waals surface area contributed by atoms with Gasteiger partial charge >= 0.3 is 6.03 Å². The lowest BCUT2D eigenvalue weighted by Gasteiger charge is -2.31. The molecule has 0 unspecified atom stereocenters. The lowest BCUT2D eigenvalue weighted by Crippen LogP contribution is -3.15. The van der Waals surface area contributed by atoms with Crippen molar-refractivity contribution < 1.29 is 22.9 Å². The molecule has 162 valence electrons. The van der Waals surface area contributed by atoms with Gasteiger partial charge in [0.25, 0.3) is 5.91 Å². The third kappa shape index (κ3) is 7.09. The van der Waals surface area contributed by atoms with Crippen molar-refractivity contribution in [1.82, 2.24) is 14.9 Å². The number of carbonyl (C=O) groups is 2. The van der Waals surface area contributed by atoms with Crippen molar-refractivity contribution in [2.45, 2.75) is 51.0 Å². The summed E-state index contributed by atoms with van der Waals surface area (Å²) in [4.78, 5) is 25.1. The van der Waals surface area contributed by atoms with E-state index in [2.05, 4.69) is 17.6 Å². The lowest BCUT2D eigenvalue weighted by atomic mass is 10.1. The van der Waals surface area contributed by atoms with Gasteiger partial charge in [0, 0.05) is 5.54 Å². The van der Waals surface area contributed by atoms with E-state index in [9.17, 15) is 18.0 Å². The van der Waals surface area contributed by atoms with Crippen molar-refractivity contribution in [3.8, 4) is 0 Å². The zero-order valence-corrected chi connectivity index (χ0v) is 18.6. The summed E-state index contributed by atoms with van der Waals surface area (Å²) in [5.74, 6) is -0.371. The maximum absolute atomic E-state index is 12.8. The number of sulfonamides is 1. The quantitative estimate of drug-likeness (QED) is 0.604. The summed E-state index contributed by atoms with van der Waals surface area (Å²) in [6, 6.07) is 6.55. The summed E-state index contributed by atoms with van der Waals surface area (Å²) in [6.07, 6.45) is 1.94. The second kappa shape index (κ2) is 9.69. The number of piperazine rings is 1. The number of amides is 3. The number of imide groups is 1. The molecule has 0 radical (unpaired) electrons. The zero-order chi connectivity index (χ0) is 21.7. The summed E-state index contributed by atoms with van der Waals surface area (Å²) in [7, 11) is -3.53. The lowest BCUT2D eigenvalue weighted by molar-refractivity contribution is -0.895. The third-order valence-electron chi connectivity index (χ3n) is 4.68. The summed E-state index contributed by atoms with van der Waals surface area (Å²) < 4.78 is 27.2. The summed E-state index contributed by atoms with van der Waals surface area (Å²) in [5, 5.41) is 5.00. The maximum atomic E-state index is 12.8. The second-order valence-electron chi connectivity index (χ2n) is 8.48. The van der Waals surface area contributed by atoms with E-state index < -0.39 is 21.6 Å². The summed E-state index contributed by atoms with van der Waals surface area (Å²) in [5.41, 5.74) is 0.702. The van der Waals surface area contributed by atoms with Crippen molar-refractivity contribution in [2.75, 3.05) is 32.7 Å². The standard InChI is InChI=1S/C20H32N4O4S/c1-5-6-16-7-9-17(10-8-16)29(27,28)24-13-11-23(12-14-24)15-18(25)21-19(26)22-20(2,3)4/h7-10H,5-6,11-15H2,1-4H3,(H2,21,22,25,26)/p+1. The monoisotopic (exact) mass is 425 g/mol. The van der Waals surface area contributed by atoms with Crippen LogP contribution in [0.1, 0.15) is 39.7 Å². The largest absolute Gasteiger partial charge is 0.333 e. The van der Waals surface area contributed by atoms with Crippen LogP contribution in [0.2, 0.25) is 0 Å². The Balaban J connectivity index is 1.86. The molecule has 0 aromatic heterocycles. The molecule has 1 heterocycles. The normalized spacial score (nSPS) is 16.4. The number of benzene rings is 1. The number of carbonyl (C=O) groups excluding carboxylic acids is 2. The van der Waals surface area contributed by atoms with Gasteiger partial charge in [0.1, 0.15) is 0 Å². The van der Waals surface area contributed by atoms with E-state index >= 15 is 0 Å². The Morgan fingerprint density at radius 3 is 2.21 bits per heavy atom. The van der Waals surface area contributed by atoms with Crippen LogP contribution >= 0.6 is 0 Å². The zero-order valence-electron chi connectivity index (χ0n) is 17.7. The van der Waals surface area contributed by atoms with Gasteiger partial charge in [0.2, 0.25) is 10.0 Å². The van der Waals surface area contributed by atoms with Gasteiger partial charge < -0.3 is 10.2 Å². The molecule has 1 aromatic rings.